The molecule has 0 bridgehead atoms. The Morgan fingerprint density at radius 3 is 2.71 bits per heavy atom. The van der Waals surface area contributed by atoms with Gasteiger partial charge in [-0.15, -0.1) is 11.3 Å². The maximum Gasteiger partial charge on any atom is 0.335 e. The second-order valence-corrected chi connectivity index (χ2v) is 5.63. The van der Waals surface area contributed by atoms with Crippen LogP contribution in [-0.4, -0.2) is 16.1 Å². The number of rotatable bonds is 3. The minimum absolute atomic E-state index is 0.239. The van der Waals surface area contributed by atoms with Crippen LogP contribution in [-0.2, 0) is 0 Å². The fourth-order valence-corrected chi connectivity index (χ4v) is 2.81. The maximum atomic E-state index is 10.8. The number of carboxylic acid groups (broad SMARTS) is 1. The Morgan fingerprint density at radius 1 is 1.41 bits per heavy atom. The minimum atomic E-state index is -0.950. The Bertz CT molecular complexity index is 571. The van der Waals surface area contributed by atoms with Crippen molar-refractivity contribution < 1.29 is 9.90 Å². The molecule has 17 heavy (non-hydrogen) atoms. The standard InChI is InChI=1S/C10H6Br2N2O2S/c11-6-3-5(9(15)16)1-2-7(6)13-10-14-8(12)4-17-10/h1-4H,(H,13,14)(H,15,16). The van der Waals surface area contributed by atoms with E-state index >= 15 is 0 Å². The van der Waals surface area contributed by atoms with E-state index in [1.807, 2.05) is 5.38 Å². The smallest absolute Gasteiger partial charge is 0.335 e. The van der Waals surface area contributed by atoms with E-state index in [4.69, 9.17) is 5.11 Å². The highest BCUT2D eigenvalue weighted by atomic mass is 79.9. The molecule has 1 aromatic carbocycles. The number of carbonyl (C=O) groups is 1. The molecule has 88 valence electrons. The second-order valence-electron chi connectivity index (χ2n) is 3.10. The number of nitrogens with one attached hydrogen (secondary N) is 1. The van der Waals surface area contributed by atoms with Gasteiger partial charge in [-0.05, 0) is 50.1 Å². The van der Waals surface area contributed by atoms with Gasteiger partial charge in [-0.3, -0.25) is 0 Å². The number of carboxylic acids is 1. The first-order valence-electron chi connectivity index (χ1n) is 4.47. The summed E-state index contributed by atoms with van der Waals surface area (Å²) >= 11 is 8.04. The van der Waals surface area contributed by atoms with Gasteiger partial charge in [0.25, 0.3) is 0 Å². The van der Waals surface area contributed by atoms with E-state index in [2.05, 4.69) is 42.2 Å². The van der Waals surface area contributed by atoms with Crippen molar-refractivity contribution in [3.8, 4) is 0 Å². The highest BCUT2D eigenvalue weighted by Crippen LogP contribution is 2.29. The number of aromatic carboxylic acids is 1. The van der Waals surface area contributed by atoms with Crippen molar-refractivity contribution in [3.63, 3.8) is 0 Å². The van der Waals surface area contributed by atoms with Gasteiger partial charge in [0.15, 0.2) is 5.13 Å². The van der Waals surface area contributed by atoms with E-state index < -0.39 is 5.97 Å². The summed E-state index contributed by atoms with van der Waals surface area (Å²) < 4.78 is 1.45. The van der Waals surface area contributed by atoms with Gasteiger partial charge in [-0.25, -0.2) is 9.78 Å². The first kappa shape index (κ1) is 12.5. The van der Waals surface area contributed by atoms with Crippen LogP contribution in [0.2, 0.25) is 0 Å². The summed E-state index contributed by atoms with van der Waals surface area (Å²) in [7, 11) is 0. The van der Waals surface area contributed by atoms with E-state index in [0.717, 1.165) is 15.4 Å². The van der Waals surface area contributed by atoms with E-state index in [9.17, 15) is 4.79 Å². The van der Waals surface area contributed by atoms with Crippen LogP contribution < -0.4 is 5.32 Å². The van der Waals surface area contributed by atoms with E-state index in [0.29, 0.717) is 4.47 Å². The Labute approximate surface area is 118 Å². The van der Waals surface area contributed by atoms with Crippen molar-refractivity contribution in [1.82, 2.24) is 4.98 Å². The fraction of sp³-hybridized carbons (Fsp3) is 0. The quantitative estimate of drug-likeness (QED) is 0.844. The summed E-state index contributed by atoms with van der Waals surface area (Å²) in [5, 5.41) is 14.5. The lowest BCUT2D eigenvalue weighted by Gasteiger charge is -2.06. The van der Waals surface area contributed by atoms with Crippen LogP contribution in [0.3, 0.4) is 0 Å². The van der Waals surface area contributed by atoms with Crippen molar-refractivity contribution in [2.75, 3.05) is 5.32 Å². The average molecular weight is 378 g/mol. The molecule has 7 heteroatoms. The van der Waals surface area contributed by atoms with E-state index in [-0.39, 0.29) is 5.56 Å². The summed E-state index contributed by atoms with van der Waals surface area (Å²) in [5.74, 6) is -0.950. The highest BCUT2D eigenvalue weighted by Gasteiger charge is 2.08. The first-order valence-corrected chi connectivity index (χ1v) is 6.94. The monoisotopic (exact) mass is 376 g/mol. The largest absolute Gasteiger partial charge is 0.478 e. The summed E-state index contributed by atoms with van der Waals surface area (Å²) in [6, 6.07) is 4.79. The molecule has 0 saturated carbocycles. The summed E-state index contributed by atoms with van der Waals surface area (Å²) in [4.78, 5) is 15.0. The number of halogens is 2. The molecule has 0 amide bonds. The molecule has 2 aromatic rings. The number of hydrogen-bond donors (Lipinski definition) is 2. The third-order valence-electron chi connectivity index (χ3n) is 1.93. The van der Waals surface area contributed by atoms with Gasteiger partial charge in [0.1, 0.15) is 4.60 Å². The number of thiazole rings is 1. The Balaban J connectivity index is 2.25. The van der Waals surface area contributed by atoms with E-state index in [1.165, 1.54) is 17.4 Å². The van der Waals surface area contributed by atoms with Crippen molar-refractivity contribution >= 4 is 60.0 Å². The molecule has 0 radical (unpaired) electrons. The summed E-state index contributed by atoms with van der Waals surface area (Å²) in [6.07, 6.45) is 0. The topological polar surface area (TPSA) is 62.2 Å². The molecule has 0 spiro atoms. The van der Waals surface area contributed by atoms with Crippen molar-refractivity contribution in [2.24, 2.45) is 0 Å². The van der Waals surface area contributed by atoms with Crippen LogP contribution in [0.25, 0.3) is 0 Å². The second kappa shape index (κ2) is 5.16. The van der Waals surface area contributed by atoms with Crippen LogP contribution >= 0.6 is 43.2 Å². The first-order chi connectivity index (χ1) is 8.06. The molecule has 0 unspecified atom stereocenters. The molecule has 1 aromatic heterocycles. The zero-order valence-electron chi connectivity index (χ0n) is 8.28. The molecule has 0 aliphatic carbocycles. The zero-order valence-corrected chi connectivity index (χ0v) is 12.3. The molecule has 4 nitrogen and oxygen atoms in total. The van der Waals surface area contributed by atoms with Crippen LogP contribution in [0.5, 0.6) is 0 Å². The molecule has 1 heterocycles. The van der Waals surface area contributed by atoms with Crippen molar-refractivity contribution in [3.05, 3.63) is 38.2 Å². The van der Waals surface area contributed by atoms with Gasteiger partial charge in [-0.1, -0.05) is 0 Å². The number of anilines is 2. The molecule has 0 aliphatic heterocycles. The number of nitrogens with zero attached hydrogens (tertiary/aromatic N) is 1. The van der Waals surface area contributed by atoms with Crippen LogP contribution in [0.1, 0.15) is 10.4 Å². The van der Waals surface area contributed by atoms with Crippen molar-refractivity contribution in [2.45, 2.75) is 0 Å². The van der Waals surface area contributed by atoms with Gasteiger partial charge in [0.2, 0.25) is 0 Å². The van der Waals surface area contributed by atoms with Gasteiger partial charge in [0.05, 0.1) is 11.3 Å². The molecular weight excluding hydrogens is 372 g/mol. The lowest BCUT2D eigenvalue weighted by atomic mass is 10.2. The summed E-state index contributed by atoms with van der Waals surface area (Å²) in [5.41, 5.74) is 1.01. The Hall–Kier alpha value is -0.920. The molecular formula is C10H6Br2N2O2S. The normalized spacial score (nSPS) is 10.2. The Morgan fingerprint density at radius 2 is 2.18 bits per heavy atom. The third-order valence-corrected chi connectivity index (χ3v) is 4.06. The molecule has 2 rings (SSSR count). The van der Waals surface area contributed by atoms with Gasteiger partial charge < -0.3 is 10.4 Å². The molecule has 0 aliphatic rings. The molecule has 0 atom stereocenters. The maximum absolute atomic E-state index is 10.8. The third kappa shape index (κ3) is 3.05. The van der Waals surface area contributed by atoms with Crippen molar-refractivity contribution in [1.29, 1.82) is 0 Å². The Kier molecular flexibility index (Phi) is 3.80. The lowest BCUT2D eigenvalue weighted by molar-refractivity contribution is 0.0697. The zero-order chi connectivity index (χ0) is 12.4. The summed E-state index contributed by atoms with van der Waals surface area (Å²) in [6.45, 7) is 0. The van der Waals surface area contributed by atoms with Crippen LogP contribution in [0.4, 0.5) is 10.8 Å². The minimum Gasteiger partial charge on any atom is -0.478 e. The van der Waals surface area contributed by atoms with Gasteiger partial charge in [0, 0.05) is 9.85 Å². The average Bonchev–Trinajstić information content (AvgIpc) is 2.67. The molecule has 0 fully saturated rings. The van der Waals surface area contributed by atoms with Gasteiger partial charge in [-0.2, -0.15) is 0 Å². The number of aromatic nitrogens is 1. The number of benzene rings is 1. The molecule has 2 N–H and O–H groups in total. The molecule has 0 saturated heterocycles. The number of hydrogen-bond acceptors (Lipinski definition) is 4. The predicted molar refractivity (Wildman–Crippen MR) is 74.2 cm³/mol. The van der Waals surface area contributed by atoms with Crippen LogP contribution in [0, 0.1) is 0 Å². The predicted octanol–water partition coefficient (Wildman–Crippen LogP) is 4.11. The highest BCUT2D eigenvalue weighted by molar-refractivity contribution is 9.10. The van der Waals surface area contributed by atoms with E-state index in [1.54, 1.807) is 12.1 Å². The lowest BCUT2D eigenvalue weighted by Crippen LogP contribution is -1.97. The van der Waals surface area contributed by atoms with Gasteiger partial charge >= 0.3 is 5.97 Å². The van der Waals surface area contributed by atoms with Crippen LogP contribution in [0.15, 0.2) is 32.7 Å². The SMILES string of the molecule is O=C(O)c1ccc(Nc2nc(Br)cs2)c(Br)c1. The fourth-order valence-electron chi connectivity index (χ4n) is 1.18.